The largest absolute Gasteiger partial charge is 0.496 e. The summed E-state index contributed by atoms with van der Waals surface area (Å²) in [6.45, 7) is 1.89. The molecule has 3 nitrogen and oxygen atoms in total. The molecule has 18 heavy (non-hydrogen) atoms. The number of para-hydroxylation sites is 1. The van der Waals surface area contributed by atoms with Crippen molar-refractivity contribution in [3.05, 3.63) is 59.4 Å². The van der Waals surface area contributed by atoms with Gasteiger partial charge < -0.3 is 4.74 Å². The summed E-state index contributed by atoms with van der Waals surface area (Å²) < 4.78 is 5.24. The van der Waals surface area contributed by atoms with Crippen LogP contribution in [0.1, 0.15) is 21.6 Å². The average Bonchev–Trinajstić information content (AvgIpc) is 2.39. The fraction of sp³-hybridized carbons (Fsp3) is 0.200. The van der Waals surface area contributed by atoms with E-state index in [-0.39, 0.29) is 5.78 Å². The third kappa shape index (κ3) is 2.56. The van der Waals surface area contributed by atoms with Crippen LogP contribution in [0.4, 0.5) is 0 Å². The van der Waals surface area contributed by atoms with Crippen LogP contribution >= 0.6 is 0 Å². The molecule has 3 heteroatoms. The summed E-state index contributed by atoms with van der Waals surface area (Å²) in [4.78, 5) is 16.3. The van der Waals surface area contributed by atoms with E-state index < -0.39 is 0 Å². The molecule has 0 spiro atoms. The van der Waals surface area contributed by atoms with Gasteiger partial charge in [0, 0.05) is 18.2 Å². The molecule has 0 saturated carbocycles. The second-order valence-corrected chi connectivity index (χ2v) is 4.08. The molecular weight excluding hydrogens is 226 g/mol. The van der Waals surface area contributed by atoms with Crippen molar-refractivity contribution in [2.75, 3.05) is 7.11 Å². The molecule has 0 fully saturated rings. The minimum absolute atomic E-state index is 0.0117. The second-order valence-electron chi connectivity index (χ2n) is 4.08. The number of nitrogens with zero attached hydrogens (tertiary/aromatic N) is 1. The maximum atomic E-state index is 12.2. The summed E-state index contributed by atoms with van der Waals surface area (Å²) in [7, 11) is 1.61. The van der Waals surface area contributed by atoms with E-state index in [4.69, 9.17) is 4.74 Å². The number of methoxy groups -OCH3 is 1. The molecule has 0 N–H and O–H groups in total. The van der Waals surface area contributed by atoms with Crippen molar-refractivity contribution in [1.29, 1.82) is 0 Å². The van der Waals surface area contributed by atoms with E-state index in [2.05, 4.69) is 4.98 Å². The van der Waals surface area contributed by atoms with Gasteiger partial charge in [-0.1, -0.05) is 24.3 Å². The Morgan fingerprint density at radius 1 is 1.22 bits per heavy atom. The first-order valence-electron chi connectivity index (χ1n) is 5.79. The molecule has 0 amide bonds. The Morgan fingerprint density at radius 2 is 2.00 bits per heavy atom. The lowest BCUT2D eigenvalue weighted by Gasteiger charge is -2.08. The smallest absolute Gasteiger partial charge is 0.185 e. The fourth-order valence-corrected chi connectivity index (χ4v) is 1.88. The molecule has 1 aromatic heterocycles. The molecule has 1 heterocycles. The predicted molar refractivity (Wildman–Crippen MR) is 70.0 cm³/mol. The van der Waals surface area contributed by atoms with Gasteiger partial charge >= 0.3 is 0 Å². The highest BCUT2D eigenvalue weighted by atomic mass is 16.5. The van der Waals surface area contributed by atoms with E-state index in [1.165, 1.54) is 0 Å². The molecule has 0 aliphatic rings. The monoisotopic (exact) mass is 241 g/mol. The van der Waals surface area contributed by atoms with Crippen molar-refractivity contribution < 1.29 is 9.53 Å². The van der Waals surface area contributed by atoms with Crippen LogP contribution in [0.3, 0.4) is 0 Å². The van der Waals surface area contributed by atoms with Gasteiger partial charge in [-0.15, -0.1) is 0 Å². The second kappa shape index (κ2) is 5.45. The molecule has 2 aromatic rings. The predicted octanol–water partition coefficient (Wildman–Crippen LogP) is 2.82. The lowest BCUT2D eigenvalue weighted by molar-refractivity contribution is 0.0986. The normalized spacial score (nSPS) is 10.1. The van der Waals surface area contributed by atoms with Gasteiger partial charge in [0.15, 0.2) is 5.78 Å². The molecule has 0 bridgehead atoms. The zero-order valence-corrected chi connectivity index (χ0v) is 10.5. The Hall–Kier alpha value is -2.16. The number of hydrogen-bond donors (Lipinski definition) is 0. The zero-order valence-electron chi connectivity index (χ0n) is 10.5. The highest BCUT2D eigenvalue weighted by Gasteiger charge is 2.13. The van der Waals surface area contributed by atoms with Crippen LogP contribution in [0, 0.1) is 6.92 Å². The van der Waals surface area contributed by atoms with E-state index in [0.717, 1.165) is 16.9 Å². The van der Waals surface area contributed by atoms with Crippen LogP contribution in [0.2, 0.25) is 0 Å². The highest BCUT2D eigenvalue weighted by molar-refractivity contribution is 5.97. The van der Waals surface area contributed by atoms with Crippen molar-refractivity contribution in [1.82, 2.24) is 4.98 Å². The van der Waals surface area contributed by atoms with E-state index in [9.17, 15) is 4.79 Å². The molecule has 92 valence electrons. The molecule has 2 rings (SSSR count). The minimum Gasteiger partial charge on any atom is -0.496 e. The van der Waals surface area contributed by atoms with Crippen LogP contribution in [0.5, 0.6) is 5.75 Å². The summed E-state index contributed by atoms with van der Waals surface area (Å²) in [5, 5.41) is 0. The van der Waals surface area contributed by atoms with Gasteiger partial charge in [-0.3, -0.25) is 9.78 Å². The van der Waals surface area contributed by atoms with E-state index in [0.29, 0.717) is 12.1 Å². The number of hydrogen-bond acceptors (Lipinski definition) is 3. The van der Waals surface area contributed by atoms with E-state index >= 15 is 0 Å². The zero-order chi connectivity index (χ0) is 13.0. The third-order valence-electron chi connectivity index (χ3n) is 2.82. The van der Waals surface area contributed by atoms with E-state index in [1.807, 2.05) is 43.3 Å². The summed E-state index contributed by atoms with van der Waals surface area (Å²) in [5.41, 5.74) is 2.32. The Kier molecular flexibility index (Phi) is 3.72. The van der Waals surface area contributed by atoms with Crippen LogP contribution in [0.15, 0.2) is 42.6 Å². The number of Topliss-reactive ketones (excluding diaryl/α,β-unsaturated/α-hetero) is 1. The van der Waals surface area contributed by atoms with Gasteiger partial charge in [0.05, 0.1) is 7.11 Å². The highest BCUT2D eigenvalue weighted by Crippen LogP contribution is 2.19. The standard InChI is InChI=1S/C15H15NO2/c1-11-6-5-9-16-15(11)13(17)10-12-7-3-4-8-14(12)18-2/h3-9H,10H2,1-2H3. The molecule has 0 saturated heterocycles. The van der Waals surface area contributed by atoms with Crippen molar-refractivity contribution in [2.24, 2.45) is 0 Å². The molecule has 0 radical (unpaired) electrons. The number of carbonyl (C=O) groups is 1. The summed E-state index contributed by atoms with van der Waals surface area (Å²) in [5.74, 6) is 0.747. The lowest BCUT2D eigenvalue weighted by Crippen LogP contribution is -2.08. The number of aromatic nitrogens is 1. The van der Waals surface area contributed by atoms with Crippen LogP contribution in [0.25, 0.3) is 0 Å². The SMILES string of the molecule is COc1ccccc1CC(=O)c1ncccc1C. The Bertz CT molecular complexity index is 564. The van der Waals surface area contributed by atoms with Crippen LogP contribution in [-0.2, 0) is 6.42 Å². The summed E-state index contributed by atoms with van der Waals surface area (Å²) in [6.07, 6.45) is 1.95. The summed E-state index contributed by atoms with van der Waals surface area (Å²) in [6, 6.07) is 11.3. The quantitative estimate of drug-likeness (QED) is 0.773. The number of rotatable bonds is 4. The van der Waals surface area contributed by atoms with Gasteiger partial charge in [0.2, 0.25) is 0 Å². The Labute approximate surface area is 106 Å². The summed E-state index contributed by atoms with van der Waals surface area (Å²) >= 11 is 0. The number of aryl methyl sites for hydroxylation is 1. The minimum atomic E-state index is 0.0117. The van der Waals surface area contributed by atoms with Crippen LogP contribution in [-0.4, -0.2) is 17.9 Å². The molecule has 0 aliphatic carbocycles. The number of carbonyl (C=O) groups excluding carboxylic acids is 1. The van der Waals surface area contributed by atoms with Crippen molar-refractivity contribution >= 4 is 5.78 Å². The number of benzene rings is 1. The molecular formula is C15H15NO2. The van der Waals surface area contributed by atoms with Gasteiger partial charge in [-0.2, -0.15) is 0 Å². The maximum Gasteiger partial charge on any atom is 0.185 e. The fourth-order valence-electron chi connectivity index (χ4n) is 1.88. The first-order chi connectivity index (χ1) is 8.72. The van der Waals surface area contributed by atoms with Gasteiger partial charge in [-0.25, -0.2) is 0 Å². The Morgan fingerprint density at radius 3 is 2.72 bits per heavy atom. The van der Waals surface area contributed by atoms with Gasteiger partial charge in [0.25, 0.3) is 0 Å². The molecule has 0 unspecified atom stereocenters. The average molecular weight is 241 g/mol. The van der Waals surface area contributed by atoms with Crippen molar-refractivity contribution in [3.8, 4) is 5.75 Å². The first-order valence-corrected chi connectivity index (χ1v) is 5.79. The topological polar surface area (TPSA) is 39.2 Å². The molecule has 0 atom stereocenters. The molecule has 0 aliphatic heterocycles. The van der Waals surface area contributed by atoms with E-state index in [1.54, 1.807) is 13.3 Å². The number of ketones is 1. The van der Waals surface area contributed by atoms with Gasteiger partial charge in [-0.05, 0) is 24.6 Å². The first kappa shape index (κ1) is 12.3. The van der Waals surface area contributed by atoms with Crippen LogP contribution < -0.4 is 4.74 Å². The maximum absolute atomic E-state index is 12.2. The number of ether oxygens (including phenoxy) is 1. The molecule has 1 aromatic carbocycles. The number of pyridine rings is 1. The Balaban J connectivity index is 2.24. The van der Waals surface area contributed by atoms with Crippen molar-refractivity contribution in [3.63, 3.8) is 0 Å². The lowest BCUT2D eigenvalue weighted by atomic mass is 10.0. The third-order valence-corrected chi connectivity index (χ3v) is 2.82. The van der Waals surface area contributed by atoms with Crippen molar-refractivity contribution in [2.45, 2.75) is 13.3 Å². The van der Waals surface area contributed by atoms with Gasteiger partial charge in [0.1, 0.15) is 11.4 Å².